The van der Waals surface area contributed by atoms with Crippen molar-refractivity contribution < 1.29 is 19.3 Å². The van der Waals surface area contributed by atoms with Gasteiger partial charge in [0.1, 0.15) is 6.04 Å². The summed E-state index contributed by atoms with van der Waals surface area (Å²) in [5, 5.41) is 11.6. The number of ether oxygens (including phenoxy) is 2. The Morgan fingerprint density at radius 3 is 2.86 bits per heavy atom. The molecule has 0 aliphatic heterocycles. The van der Waals surface area contributed by atoms with Crippen LogP contribution in [0.25, 0.3) is 0 Å². The lowest BCUT2D eigenvalue weighted by Gasteiger charge is -2.16. The number of methoxy groups -OCH3 is 1. The summed E-state index contributed by atoms with van der Waals surface area (Å²) in [6.07, 6.45) is 1.58. The number of hydrogen-bond acceptors (Lipinski definition) is 5. The molecule has 0 saturated heterocycles. The number of hydrogen-bond donors (Lipinski definition) is 2. The summed E-state index contributed by atoms with van der Waals surface area (Å²) in [6, 6.07) is -0.653. The first kappa shape index (κ1) is 13.2. The van der Waals surface area contributed by atoms with E-state index in [0.29, 0.717) is 6.61 Å². The lowest BCUT2D eigenvalue weighted by atomic mass is 9.87. The van der Waals surface area contributed by atoms with Crippen molar-refractivity contribution in [2.24, 2.45) is 0 Å². The van der Waals surface area contributed by atoms with E-state index in [0.717, 1.165) is 0 Å². The Morgan fingerprint density at radius 1 is 1.79 bits per heavy atom. The van der Waals surface area contributed by atoms with Crippen LogP contribution in [-0.2, 0) is 14.3 Å². The highest BCUT2D eigenvalue weighted by atomic mass is 16.5. The zero-order valence-corrected chi connectivity index (χ0v) is 8.53. The Labute approximate surface area is 84.2 Å². The Balaban J connectivity index is 3.96. The van der Waals surface area contributed by atoms with Gasteiger partial charge >= 0.3 is 13.0 Å². The van der Waals surface area contributed by atoms with Crippen molar-refractivity contribution >= 4 is 13.0 Å². The van der Waals surface area contributed by atoms with Crippen LogP contribution in [0.2, 0.25) is 6.82 Å². The van der Waals surface area contributed by atoms with E-state index < -0.39 is 19.1 Å². The fraction of sp³-hybridized carbons (Fsp3) is 0.625. The third kappa shape index (κ3) is 5.74. The predicted molar refractivity (Wildman–Crippen MR) is 53.8 cm³/mol. The second-order valence-electron chi connectivity index (χ2n) is 2.74. The molecule has 14 heavy (non-hydrogen) atoms. The molecule has 0 bridgehead atoms. The molecule has 1 atom stereocenters. The van der Waals surface area contributed by atoms with Crippen LogP contribution >= 0.6 is 0 Å². The van der Waals surface area contributed by atoms with Gasteiger partial charge in [0.2, 0.25) is 0 Å². The summed E-state index contributed by atoms with van der Waals surface area (Å²) < 4.78 is 9.60. The van der Waals surface area contributed by atoms with E-state index in [1.165, 1.54) is 13.9 Å². The average molecular weight is 201 g/mol. The maximum Gasteiger partial charge on any atom is 0.374 e. The van der Waals surface area contributed by atoms with Crippen molar-refractivity contribution in [2.45, 2.75) is 12.9 Å². The third-order valence-electron chi connectivity index (χ3n) is 1.45. The second-order valence-corrected chi connectivity index (χ2v) is 2.74. The van der Waals surface area contributed by atoms with Crippen molar-refractivity contribution in [3.05, 3.63) is 12.7 Å². The summed E-state index contributed by atoms with van der Waals surface area (Å²) in [7, 11) is 0.499. The highest BCUT2D eigenvalue weighted by molar-refractivity contribution is 6.46. The summed E-state index contributed by atoms with van der Waals surface area (Å²) in [5.74, 6) is -0.463. The summed E-state index contributed by atoms with van der Waals surface area (Å²) >= 11 is 0. The SMILES string of the molecule is C=CCOCC(NB(C)O)C(=O)OC. The molecule has 5 nitrogen and oxygen atoms in total. The van der Waals surface area contributed by atoms with Gasteiger partial charge in [-0.2, -0.15) is 0 Å². The van der Waals surface area contributed by atoms with Gasteiger partial charge in [0.25, 0.3) is 0 Å². The highest BCUT2D eigenvalue weighted by Crippen LogP contribution is 1.91. The molecule has 0 rings (SSSR count). The molecule has 6 heteroatoms. The second kappa shape index (κ2) is 7.55. The standard InChI is InChI=1S/C8H16BNO4/c1-4-5-14-6-7(8(11)13-3)10-9(2)12/h4,7,10,12H,1,5-6H2,2-3H3. The molecule has 0 aliphatic carbocycles. The lowest BCUT2D eigenvalue weighted by Crippen LogP contribution is -2.48. The van der Waals surface area contributed by atoms with Crippen LogP contribution in [0.5, 0.6) is 0 Å². The molecular formula is C8H16BNO4. The normalized spacial score (nSPS) is 11.9. The molecule has 0 aliphatic rings. The van der Waals surface area contributed by atoms with Crippen LogP contribution < -0.4 is 5.23 Å². The largest absolute Gasteiger partial charge is 0.468 e. The van der Waals surface area contributed by atoms with Crippen LogP contribution in [0.15, 0.2) is 12.7 Å². The van der Waals surface area contributed by atoms with Crippen molar-refractivity contribution in [2.75, 3.05) is 20.3 Å². The summed E-state index contributed by atoms with van der Waals surface area (Å²) in [6.45, 7) is 5.49. The van der Waals surface area contributed by atoms with Crippen molar-refractivity contribution in [1.29, 1.82) is 0 Å². The summed E-state index contributed by atoms with van der Waals surface area (Å²) in [5.41, 5.74) is 0. The Hall–Kier alpha value is -0.845. The van der Waals surface area contributed by atoms with Crippen LogP contribution in [0.1, 0.15) is 0 Å². The first-order chi connectivity index (χ1) is 6.61. The van der Waals surface area contributed by atoms with E-state index >= 15 is 0 Å². The molecular weight excluding hydrogens is 185 g/mol. The molecule has 0 radical (unpaired) electrons. The lowest BCUT2D eigenvalue weighted by molar-refractivity contribution is -0.144. The molecule has 0 spiro atoms. The van der Waals surface area contributed by atoms with Gasteiger partial charge in [-0.1, -0.05) is 6.08 Å². The number of nitrogens with one attached hydrogen (secondary N) is 1. The molecule has 0 aromatic heterocycles. The van der Waals surface area contributed by atoms with Gasteiger partial charge in [-0.05, 0) is 6.82 Å². The van der Waals surface area contributed by atoms with E-state index in [2.05, 4.69) is 16.5 Å². The van der Waals surface area contributed by atoms with Gasteiger partial charge in [0.05, 0.1) is 20.3 Å². The van der Waals surface area contributed by atoms with Crippen molar-refractivity contribution in [3.63, 3.8) is 0 Å². The van der Waals surface area contributed by atoms with Crippen molar-refractivity contribution in [1.82, 2.24) is 5.23 Å². The van der Waals surface area contributed by atoms with E-state index in [9.17, 15) is 4.79 Å². The Morgan fingerprint density at radius 2 is 2.43 bits per heavy atom. The van der Waals surface area contributed by atoms with Crippen LogP contribution in [0.4, 0.5) is 0 Å². The number of esters is 1. The molecule has 80 valence electrons. The van der Waals surface area contributed by atoms with E-state index in [1.807, 2.05) is 0 Å². The Kier molecular flexibility index (Phi) is 7.09. The zero-order chi connectivity index (χ0) is 11.0. The number of carbonyl (C=O) groups excluding carboxylic acids is 1. The predicted octanol–water partition coefficient (Wildman–Crippen LogP) is -0.570. The quantitative estimate of drug-likeness (QED) is 0.250. The fourth-order valence-corrected chi connectivity index (χ4v) is 0.887. The van der Waals surface area contributed by atoms with Crippen LogP contribution in [0, 0.1) is 0 Å². The Bertz CT molecular complexity index is 186. The number of rotatable bonds is 7. The topological polar surface area (TPSA) is 67.8 Å². The van der Waals surface area contributed by atoms with Gasteiger partial charge in [-0.15, -0.1) is 6.58 Å². The van der Waals surface area contributed by atoms with E-state index in [-0.39, 0.29) is 6.61 Å². The smallest absolute Gasteiger partial charge is 0.374 e. The van der Waals surface area contributed by atoms with Gasteiger partial charge in [-0.3, -0.25) is 4.79 Å². The minimum atomic E-state index is -0.786. The highest BCUT2D eigenvalue weighted by Gasteiger charge is 2.21. The van der Waals surface area contributed by atoms with Crippen LogP contribution in [-0.4, -0.2) is 44.4 Å². The third-order valence-corrected chi connectivity index (χ3v) is 1.45. The van der Waals surface area contributed by atoms with E-state index in [4.69, 9.17) is 9.76 Å². The minimum Gasteiger partial charge on any atom is -0.468 e. The molecule has 0 saturated carbocycles. The van der Waals surface area contributed by atoms with E-state index in [1.54, 1.807) is 6.08 Å². The van der Waals surface area contributed by atoms with Crippen LogP contribution in [0.3, 0.4) is 0 Å². The molecule has 1 unspecified atom stereocenters. The molecule has 0 fully saturated rings. The first-order valence-electron chi connectivity index (χ1n) is 4.32. The van der Waals surface area contributed by atoms with Gasteiger partial charge in [0, 0.05) is 0 Å². The number of carbonyl (C=O) groups is 1. The first-order valence-corrected chi connectivity index (χ1v) is 4.32. The maximum atomic E-state index is 11.1. The molecule has 0 aromatic rings. The zero-order valence-electron chi connectivity index (χ0n) is 8.53. The molecule has 0 aromatic carbocycles. The minimum absolute atomic E-state index is 0.142. The van der Waals surface area contributed by atoms with Gasteiger partial charge in [0.15, 0.2) is 0 Å². The van der Waals surface area contributed by atoms with Gasteiger partial charge < -0.3 is 19.7 Å². The molecule has 0 heterocycles. The molecule has 2 N–H and O–H groups in total. The monoisotopic (exact) mass is 201 g/mol. The van der Waals surface area contributed by atoms with Gasteiger partial charge in [-0.25, -0.2) is 0 Å². The average Bonchev–Trinajstić information content (AvgIpc) is 2.15. The fourth-order valence-electron chi connectivity index (χ4n) is 0.887. The maximum absolute atomic E-state index is 11.1. The molecule has 0 amide bonds. The van der Waals surface area contributed by atoms with Crippen molar-refractivity contribution in [3.8, 4) is 0 Å². The summed E-state index contributed by atoms with van der Waals surface area (Å²) in [4.78, 5) is 11.1.